The van der Waals surface area contributed by atoms with Gasteiger partial charge in [0.1, 0.15) is 11.9 Å². The fraction of sp³-hybridized carbons (Fsp3) is 0.133. The van der Waals surface area contributed by atoms with Crippen LogP contribution in [0, 0.1) is 0 Å². The van der Waals surface area contributed by atoms with Crippen molar-refractivity contribution < 1.29 is 4.74 Å². The van der Waals surface area contributed by atoms with Crippen LogP contribution in [-0.4, -0.2) is 19.8 Å². The highest BCUT2D eigenvalue weighted by atomic mass is 32.1. The van der Waals surface area contributed by atoms with Crippen LogP contribution in [-0.2, 0) is 0 Å². The second kappa shape index (κ2) is 5.51. The van der Waals surface area contributed by atoms with Crippen molar-refractivity contribution in [1.82, 2.24) is 19.8 Å². The summed E-state index contributed by atoms with van der Waals surface area (Å²) in [6, 6.07) is 13.8. The van der Waals surface area contributed by atoms with Gasteiger partial charge in [-0.3, -0.25) is 0 Å². The lowest BCUT2D eigenvalue weighted by Crippen LogP contribution is -2.03. The molecule has 1 aromatic carbocycles. The maximum atomic E-state index is 5.92. The first-order valence-electron chi connectivity index (χ1n) is 6.79. The highest BCUT2D eigenvalue weighted by Crippen LogP contribution is 2.29. The first-order chi connectivity index (χ1) is 10.8. The lowest BCUT2D eigenvalue weighted by molar-refractivity contribution is 0.225. The molecule has 4 aromatic rings. The van der Waals surface area contributed by atoms with Crippen molar-refractivity contribution in [1.29, 1.82) is 0 Å². The number of aromatic nitrogens is 4. The molecule has 0 bridgehead atoms. The summed E-state index contributed by atoms with van der Waals surface area (Å²) in [6.07, 6.45) is -0.134. The van der Waals surface area contributed by atoms with Crippen molar-refractivity contribution in [2.75, 3.05) is 0 Å². The van der Waals surface area contributed by atoms with Crippen LogP contribution in [0.5, 0.6) is 5.75 Å². The van der Waals surface area contributed by atoms with Gasteiger partial charge in [-0.1, -0.05) is 35.6 Å². The zero-order valence-electron chi connectivity index (χ0n) is 11.7. The number of nitrogens with zero attached hydrogens (tertiary/aromatic N) is 4. The maximum absolute atomic E-state index is 5.92. The van der Waals surface area contributed by atoms with Crippen molar-refractivity contribution in [3.63, 3.8) is 0 Å². The third kappa shape index (κ3) is 2.38. The van der Waals surface area contributed by atoms with Gasteiger partial charge >= 0.3 is 0 Å². The number of para-hydroxylation sites is 1. The van der Waals surface area contributed by atoms with E-state index in [-0.39, 0.29) is 6.10 Å². The highest BCUT2D eigenvalue weighted by Gasteiger charge is 2.18. The fourth-order valence-electron chi connectivity index (χ4n) is 2.11. The predicted molar refractivity (Wildman–Crippen MR) is 87.5 cm³/mol. The zero-order chi connectivity index (χ0) is 14.9. The van der Waals surface area contributed by atoms with Crippen LogP contribution in [0.4, 0.5) is 0 Å². The number of rotatable bonds is 4. The summed E-state index contributed by atoms with van der Waals surface area (Å²) >= 11 is 3.13. The Labute approximate surface area is 134 Å². The molecule has 110 valence electrons. The van der Waals surface area contributed by atoms with Crippen molar-refractivity contribution in [2.24, 2.45) is 0 Å². The number of fused-ring (bicyclic) bond motifs is 1. The van der Waals surface area contributed by atoms with Crippen LogP contribution in [0.3, 0.4) is 0 Å². The predicted octanol–water partition coefficient (Wildman–Crippen LogP) is 4.05. The average molecular weight is 328 g/mol. The lowest BCUT2D eigenvalue weighted by atomic mass is 10.3. The SMILES string of the molecule is C[C@H](Oc1ccccc1)c1nn2c(-c3cccs3)nnc2s1. The minimum absolute atomic E-state index is 0.134. The van der Waals surface area contributed by atoms with Gasteiger partial charge in [-0.05, 0) is 30.5 Å². The van der Waals surface area contributed by atoms with Gasteiger partial charge in [-0.15, -0.1) is 21.5 Å². The number of thiophene rings is 1. The van der Waals surface area contributed by atoms with E-state index in [1.54, 1.807) is 15.9 Å². The van der Waals surface area contributed by atoms with Gasteiger partial charge < -0.3 is 4.74 Å². The van der Waals surface area contributed by atoms with Crippen molar-refractivity contribution in [3.05, 3.63) is 52.9 Å². The molecule has 7 heteroatoms. The Hall–Kier alpha value is -2.25. The second-order valence-corrected chi connectivity index (χ2v) is 6.64. The standard InChI is InChI=1S/C15H12N4OS2/c1-10(20-11-6-3-2-4-7-11)14-18-19-13(12-8-5-9-21-12)16-17-15(19)22-14/h2-10H,1H3/t10-/m0/s1. The van der Waals surface area contributed by atoms with E-state index in [1.807, 2.05) is 54.8 Å². The number of ether oxygens (including phenoxy) is 1. The summed E-state index contributed by atoms with van der Waals surface area (Å²) in [4.78, 5) is 1.84. The highest BCUT2D eigenvalue weighted by molar-refractivity contribution is 7.16. The van der Waals surface area contributed by atoms with E-state index in [1.165, 1.54) is 11.3 Å². The van der Waals surface area contributed by atoms with Crippen LogP contribution in [0.15, 0.2) is 47.8 Å². The molecule has 5 nitrogen and oxygen atoms in total. The van der Waals surface area contributed by atoms with Gasteiger partial charge in [-0.25, -0.2) is 0 Å². The van der Waals surface area contributed by atoms with Crippen LogP contribution in [0.25, 0.3) is 15.7 Å². The van der Waals surface area contributed by atoms with E-state index in [0.29, 0.717) is 0 Å². The maximum Gasteiger partial charge on any atom is 0.235 e. The molecule has 22 heavy (non-hydrogen) atoms. The van der Waals surface area contributed by atoms with E-state index in [0.717, 1.165) is 26.4 Å². The zero-order valence-corrected chi connectivity index (χ0v) is 13.3. The minimum Gasteiger partial charge on any atom is -0.483 e. The largest absolute Gasteiger partial charge is 0.483 e. The lowest BCUT2D eigenvalue weighted by Gasteiger charge is -2.11. The molecule has 0 amide bonds. The van der Waals surface area contributed by atoms with E-state index in [4.69, 9.17) is 4.74 Å². The first kappa shape index (κ1) is 13.4. The van der Waals surface area contributed by atoms with Crippen molar-refractivity contribution >= 4 is 27.6 Å². The van der Waals surface area contributed by atoms with E-state index in [2.05, 4.69) is 15.3 Å². The quantitative estimate of drug-likeness (QED) is 0.567. The van der Waals surface area contributed by atoms with Gasteiger partial charge in [0.15, 0.2) is 10.8 Å². The fourth-order valence-corrected chi connectivity index (χ4v) is 3.62. The molecule has 0 aliphatic heterocycles. The summed E-state index contributed by atoms with van der Waals surface area (Å²) in [6.45, 7) is 1.99. The Kier molecular flexibility index (Phi) is 3.36. The van der Waals surface area contributed by atoms with Gasteiger partial charge in [0.2, 0.25) is 4.96 Å². The number of hydrogen-bond acceptors (Lipinski definition) is 6. The Balaban J connectivity index is 1.65. The molecule has 0 aliphatic carbocycles. The third-order valence-corrected chi connectivity index (χ3v) is 5.08. The topological polar surface area (TPSA) is 52.3 Å². The molecule has 0 saturated carbocycles. The van der Waals surface area contributed by atoms with Gasteiger partial charge in [-0.2, -0.15) is 9.61 Å². The molecule has 3 aromatic heterocycles. The average Bonchev–Trinajstić information content (AvgIpc) is 3.24. The van der Waals surface area contributed by atoms with Gasteiger partial charge in [0.05, 0.1) is 4.88 Å². The molecule has 1 atom stereocenters. The Bertz CT molecular complexity index is 883. The first-order valence-corrected chi connectivity index (χ1v) is 8.48. The molecule has 0 unspecified atom stereocenters. The monoisotopic (exact) mass is 328 g/mol. The summed E-state index contributed by atoms with van der Waals surface area (Å²) < 4.78 is 7.71. The van der Waals surface area contributed by atoms with E-state index >= 15 is 0 Å². The second-order valence-electron chi connectivity index (χ2n) is 4.71. The molecule has 3 heterocycles. The molecule has 4 rings (SSSR count). The molecule has 0 aliphatic rings. The molecule has 0 radical (unpaired) electrons. The summed E-state index contributed by atoms with van der Waals surface area (Å²) in [5.41, 5.74) is 0. The third-order valence-electron chi connectivity index (χ3n) is 3.15. The summed E-state index contributed by atoms with van der Waals surface area (Å²) in [5, 5.41) is 15.9. The van der Waals surface area contributed by atoms with Crippen LogP contribution < -0.4 is 4.74 Å². The van der Waals surface area contributed by atoms with Crippen molar-refractivity contribution in [3.8, 4) is 16.5 Å². The van der Waals surface area contributed by atoms with Crippen LogP contribution in [0.2, 0.25) is 0 Å². The van der Waals surface area contributed by atoms with Gasteiger partial charge in [0, 0.05) is 0 Å². The number of hydrogen-bond donors (Lipinski definition) is 0. The van der Waals surface area contributed by atoms with Crippen LogP contribution in [0.1, 0.15) is 18.0 Å². The molecule has 0 spiro atoms. The van der Waals surface area contributed by atoms with Crippen LogP contribution >= 0.6 is 22.7 Å². The molecule has 0 saturated heterocycles. The van der Waals surface area contributed by atoms with Gasteiger partial charge in [0.25, 0.3) is 0 Å². The molecular formula is C15H12N4OS2. The Morgan fingerprint density at radius 2 is 1.95 bits per heavy atom. The van der Waals surface area contributed by atoms with E-state index in [9.17, 15) is 0 Å². The smallest absolute Gasteiger partial charge is 0.235 e. The summed E-state index contributed by atoms with van der Waals surface area (Å²) in [5.74, 6) is 1.61. The molecule has 0 fully saturated rings. The minimum atomic E-state index is -0.134. The normalized spacial score (nSPS) is 12.6. The summed E-state index contributed by atoms with van der Waals surface area (Å²) in [7, 11) is 0. The number of benzene rings is 1. The molecule has 0 N–H and O–H groups in total. The van der Waals surface area contributed by atoms with E-state index < -0.39 is 0 Å². The Morgan fingerprint density at radius 3 is 2.73 bits per heavy atom. The molecular weight excluding hydrogens is 316 g/mol. The van der Waals surface area contributed by atoms with Crippen molar-refractivity contribution in [2.45, 2.75) is 13.0 Å². The Morgan fingerprint density at radius 1 is 1.09 bits per heavy atom.